The van der Waals surface area contributed by atoms with Gasteiger partial charge in [0.2, 0.25) is 5.91 Å². The molecule has 2 heterocycles. The zero-order chi connectivity index (χ0) is 16.2. The number of carbonyl (C=O) groups is 1. The predicted octanol–water partition coefficient (Wildman–Crippen LogP) is 0.819. The van der Waals surface area contributed by atoms with Gasteiger partial charge >= 0.3 is 0 Å². The second kappa shape index (κ2) is 7.24. The lowest BCUT2D eigenvalue weighted by atomic mass is 9.95. The molecule has 6 heteroatoms. The molecule has 124 valence electrons. The van der Waals surface area contributed by atoms with Gasteiger partial charge in [-0.2, -0.15) is 5.10 Å². The minimum Gasteiger partial charge on any atom is -0.388 e. The van der Waals surface area contributed by atoms with Crippen molar-refractivity contribution in [3.05, 3.63) is 17.0 Å². The van der Waals surface area contributed by atoms with E-state index in [0.717, 1.165) is 37.3 Å². The summed E-state index contributed by atoms with van der Waals surface area (Å²) in [7, 11) is 0. The van der Waals surface area contributed by atoms with Gasteiger partial charge in [0.1, 0.15) is 0 Å². The fraction of sp³-hybridized carbons (Fsp3) is 0.750. The van der Waals surface area contributed by atoms with E-state index < -0.39 is 5.60 Å². The van der Waals surface area contributed by atoms with Gasteiger partial charge in [-0.05, 0) is 58.7 Å². The van der Waals surface area contributed by atoms with Gasteiger partial charge < -0.3 is 15.7 Å². The number of rotatable bonds is 5. The third-order valence-corrected chi connectivity index (χ3v) is 4.67. The number of aryl methyl sites for hydroxylation is 2. The highest BCUT2D eigenvalue weighted by Gasteiger charge is 2.28. The van der Waals surface area contributed by atoms with Crippen LogP contribution in [0.3, 0.4) is 0 Å². The number of hydrogen-bond donors (Lipinski definition) is 3. The number of nitrogens with one attached hydrogen (secondary N) is 2. The van der Waals surface area contributed by atoms with Crippen molar-refractivity contribution in [2.75, 3.05) is 19.6 Å². The summed E-state index contributed by atoms with van der Waals surface area (Å²) in [6.45, 7) is 8.70. The largest absolute Gasteiger partial charge is 0.388 e. The van der Waals surface area contributed by atoms with Gasteiger partial charge in [0.05, 0.1) is 11.3 Å². The Bertz CT molecular complexity index is 516. The van der Waals surface area contributed by atoms with Crippen molar-refractivity contribution in [2.24, 2.45) is 0 Å². The van der Waals surface area contributed by atoms with Crippen LogP contribution in [0.15, 0.2) is 0 Å². The summed E-state index contributed by atoms with van der Waals surface area (Å²) in [5, 5.41) is 21.1. The van der Waals surface area contributed by atoms with Gasteiger partial charge in [0.15, 0.2) is 0 Å². The van der Waals surface area contributed by atoms with Crippen LogP contribution < -0.4 is 10.6 Å². The van der Waals surface area contributed by atoms with E-state index in [1.807, 2.05) is 25.5 Å². The van der Waals surface area contributed by atoms with Crippen LogP contribution in [0.25, 0.3) is 0 Å². The van der Waals surface area contributed by atoms with Crippen LogP contribution in [0.4, 0.5) is 0 Å². The molecule has 0 aromatic carbocycles. The van der Waals surface area contributed by atoms with Crippen molar-refractivity contribution in [2.45, 2.75) is 58.6 Å². The third kappa shape index (κ3) is 4.30. The highest BCUT2D eigenvalue weighted by Crippen LogP contribution is 2.18. The van der Waals surface area contributed by atoms with Crippen molar-refractivity contribution in [3.8, 4) is 0 Å². The van der Waals surface area contributed by atoms with E-state index in [4.69, 9.17) is 0 Å². The van der Waals surface area contributed by atoms with E-state index in [9.17, 15) is 9.90 Å². The van der Waals surface area contributed by atoms with E-state index in [-0.39, 0.29) is 5.91 Å². The number of amides is 1. The molecule has 0 radical (unpaired) electrons. The van der Waals surface area contributed by atoms with Crippen LogP contribution in [0.5, 0.6) is 0 Å². The standard InChI is InChI=1S/C16H28N4O2/c1-12-13(2)19-20(14(12)3)10-5-15(21)18-11-16(22)6-4-8-17-9-7-16/h17,22H,4-11H2,1-3H3,(H,18,21). The lowest BCUT2D eigenvalue weighted by Gasteiger charge is -2.26. The molecule has 1 aromatic rings. The molecule has 0 aliphatic carbocycles. The molecule has 1 aliphatic heterocycles. The molecule has 22 heavy (non-hydrogen) atoms. The number of aromatic nitrogens is 2. The first kappa shape index (κ1) is 17.0. The predicted molar refractivity (Wildman–Crippen MR) is 85.7 cm³/mol. The summed E-state index contributed by atoms with van der Waals surface area (Å²) < 4.78 is 1.88. The fourth-order valence-corrected chi connectivity index (χ4v) is 2.85. The molecule has 2 rings (SSSR count). The van der Waals surface area contributed by atoms with Crippen molar-refractivity contribution in [3.63, 3.8) is 0 Å². The normalized spacial score (nSPS) is 22.4. The van der Waals surface area contributed by atoms with Gasteiger partial charge in [-0.3, -0.25) is 9.48 Å². The van der Waals surface area contributed by atoms with Gasteiger partial charge in [0.25, 0.3) is 0 Å². The lowest BCUT2D eigenvalue weighted by Crippen LogP contribution is -2.43. The van der Waals surface area contributed by atoms with Crippen LogP contribution in [-0.2, 0) is 11.3 Å². The summed E-state index contributed by atoms with van der Waals surface area (Å²) in [5.74, 6) is -0.0316. The summed E-state index contributed by atoms with van der Waals surface area (Å²) in [6.07, 6.45) is 2.74. The molecule has 1 fully saturated rings. The van der Waals surface area contributed by atoms with Crippen molar-refractivity contribution < 1.29 is 9.90 Å². The lowest BCUT2D eigenvalue weighted by molar-refractivity contribution is -0.122. The average molecular weight is 308 g/mol. The summed E-state index contributed by atoms with van der Waals surface area (Å²) in [4.78, 5) is 12.0. The minimum atomic E-state index is -0.770. The highest BCUT2D eigenvalue weighted by molar-refractivity contribution is 5.75. The average Bonchev–Trinajstić information content (AvgIpc) is 2.68. The van der Waals surface area contributed by atoms with Crippen LogP contribution in [0.2, 0.25) is 0 Å². The van der Waals surface area contributed by atoms with Crippen LogP contribution in [0.1, 0.15) is 42.6 Å². The molecule has 0 bridgehead atoms. The Hall–Kier alpha value is -1.40. The van der Waals surface area contributed by atoms with Crippen LogP contribution in [0, 0.1) is 20.8 Å². The Morgan fingerprint density at radius 2 is 2.14 bits per heavy atom. The third-order valence-electron chi connectivity index (χ3n) is 4.67. The smallest absolute Gasteiger partial charge is 0.221 e. The Balaban J connectivity index is 1.79. The molecule has 1 unspecified atom stereocenters. The SMILES string of the molecule is Cc1nn(CCC(=O)NCC2(O)CCCNCC2)c(C)c1C. The molecule has 1 aromatic heterocycles. The molecule has 6 nitrogen and oxygen atoms in total. The van der Waals surface area contributed by atoms with Crippen molar-refractivity contribution >= 4 is 5.91 Å². The zero-order valence-electron chi connectivity index (χ0n) is 13.9. The molecule has 0 saturated carbocycles. The monoisotopic (exact) mass is 308 g/mol. The Kier molecular flexibility index (Phi) is 5.58. The maximum absolute atomic E-state index is 12.0. The van der Waals surface area contributed by atoms with E-state index in [2.05, 4.69) is 15.7 Å². The first-order valence-corrected chi connectivity index (χ1v) is 8.12. The van der Waals surface area contributed by atoms with Crippen molar-refractivity contribution in [1.29, 1.82) is 0 Å². The summed E-state index contributed by atoms with van der Waals surface area (Å²) in [5.41, 5.74) is 2.53. The fourth-order valence-electron chi connectivity index (χ4n) is 2.85. The highest BCUT2D eigenvalue weighted by atomic mass is 16.3. The van der Waals surface area contributed by atoms with Crippen LogP contribution in [-0.4, -0.2) is 46.0 Å². The number of hydrogen-bond acceptors (Lipinski definition) is 4. The first-order valence-electron chi connectivity index (χ1n) is 8.12. The van der Waals surface area contributed by atoms with Gasteiger partial charge in [-0.1, -0.05) is 0 Å². The molecule has 1 saturated heterocycles. The van der Waals surface area contributed by atoms with E-state index in [1.165, 1.54) is 5.56 Å². The Morgan fingerprint density at radius 3 is 2.82 bits per heavy atom. The van der Waals surface area contributed by atoms with E-state index in [1.54, 1.807) is 0 Å². The number of nitrogens with zero attached hydrogens (tertiary/aromatic N) is 2. The number of aliphatic hydroxyl groups is 1. The molecule has 3 N–H and O–H groups in total. The molecule has 1 aliphatic rings. The molecule has 0 spiro atoms. The van der Waals surface area contributed by atoms with Crippen molar-refractivity contribution in [1.82, 2.24) is 20.4 Å². The minimum absolute atomic E-state index is 0.0316. The number of carbonyl (C=O) groups excluding carboxylic acids is 1. The molecule has 1 amide bonds. The molecular weight excluding hydrogens is 280 g/mol. The van der Waals surface area contributed by atoms with Gasteiger partial charge in [-0.15, -0.1) is 0 Å². The Morgan fingerprint density at radius 1 is 1.36 bits per heavy atom. The first-order chi connectivity index (χ1) is 10.4. The summed E-state index contributed by atoms with van der Waals surface area (Å²) >= 11 is 0. The maximum atomic E-state index is 12.0. The van der Waals surface area contributed by atoms with Gasteiger partial charge in [-0.25, -0.2) is 0 Å². The molecular formula is C16H28N4O2. The zero-order valence-corrected chi connectivity index (χ0v) is 13.9. The Labute approximate surface area is 132 Å². The van der Waals surface area contributed by atoms with Crippen LogP contribution >= 0.6 is 0 Å². The molecule has 1 atom stereocenters. The van der Waals surface area contributed by atoms with Gasteiger partial charge in [0, 0.05) is 25.2 Å². The second-order valence-electron chi connectivity index (χ2n) is 6.37. The van der Waals surface area contributed by atoms with E-state index >= 15 is 0 Å². The summed E-state index contributed by atoms with van der Waals surface area (Å²) in [6, 6.07) is 0. The van der Waals surface area contributed by atoms with E-state index in [0.29, 0.717) is 25.9 Å². The quantitative estimate of drug-likeness (QED) is 0.752. The topological polar surface area (TPSA) is 79.2 Å². The second-order valence-corrected chi connectivity index (χ2v) is 6.37. The maximum Gasteiger partial charge on any atom is 0.221 e.